The number of benzene rings is 3. The summed E-state index contributed by atoms with van der Waals surface area (Å²) in [7, 11) is 0. The number of aromatic nitrogens is 4. The summed E-state index contributed by atoms with van der Waals surface area (Å²) in [6.45, 7) is 0.983. The van der Waals surface area contributed by atoms with E-state index in [1.807, 2.05) is 42.5 Å². The smallest absolute Gasteiger partial charge is 0.326 e. The van der Waals surface area contributed by atoms with Crippen molar-refractivity contribution >= 4 is 28.5 Å². The number of nitrogens with one attached hydrogen (secondary N) is 1. The fourth-order valence-electron chi connectivity index (χ4n) is 5.04. The summed E-state index contributed by atoms with van der Waals surface area (Å²) in [5.74, 6) is -0.551. The summed E-state index contributed by atoms with van der Waals surface area (Å²) in [6, 6.07) is 22.5. The Labute approximate surface area is 216 Å². The van der Waals surface area contributed by atoms with Crippen LogP contribution in [-0.2, 0) is 0 Å². The second-order valence-corrected chi connectivity index (χ2v) is 9.53. The Morgan fingerprint density at radius 2 is 1.68 bits per heavy atom. The summed E-state index contributed by atoms with van der Waals surface area (Å²) < 4.78 is 16.9. The lowest BCUT2D eigenvalue weighted by molar-refractivity contribution is 0.0685. The van der Waals surface area contributed by atoms with E-state index in [4.69, 9.17) is 11.6 Å². The molecule has 3 aromatic carbocycles. The van der Waals surface area contributed by atoms with Gasteiger partial charge < -0.3 is 9.88 Å². The molecule has 9 heteroatoms. The molecular formula is C28H23ClFN5O2. The largest absolute Gasteiger partial charge is 0.337 e. The predicted octanol–water partition coefficient (Wildman–Crippen LogP) is 5.45. The van der Waals surface area contributed by atoms with Crippen LogP contribution in [0.1, 0.15) is 29.4 Å². The van der Waals surface area contributed by atoms with Crippen LogP contribution in [0.2, 0.25) is 5.02 Å². The van der Waals surface area contributed by atoms with Crippen molar-refractivity contribution in [1.82, 2.24) is 24.2 Å². The molecule has 0 spiro atoms. The van der Waals surface area contributed by atoms with E-state index >= 15 is 0 Å². The molecule has 7 nitrogen and oxygen atoms in total. The lowest BCUT2D eigenvalue weighted by Crippen LogP contribution is -2.41. The fourth-order valence-corrected chi connectivity index (χ4v) is 5.27. The quantitative estimate of drug-likeness (QED) is 0.346. The predicted molar refractivity (Wildman–Crippen MR) is 141 cm³/mol. The van der Waals surface area contributed by atoms with Crippen molar-refractivity contribution in [1.29, 1.82) is 0 Å². The molecule has 3 heterocycles. The zero-order valence-corrected chi connectivity index (χ0v) is 20.5. The molecule has 0 radical (unpaired) electrons. The number of hydrogen-bond donors (Lipinski definition) is 1. The van der Waals surface area contributed by atoms with Crippen LogP contribution in [0.25, 0.3) is 28.0 Å². The van der Waals surface area contributed by atoms with E-state index in [1.54, 1.807) is 33.7 Å². The number of rotatable bonds is 4. The van der Waals surface area contributed by atoms with Gasteiger partial charge in [-0.05, 0) is 61.4 Å². The Morgan fingerprint density at radius 1 is 0.973 bits per heavy atom. The standard InChI is InChI=1S/C28H23ClFN5O2/c29-22-6-2-1-5-21(22)24-17-26(35(32-24)20-11-9-18(30)10-12-20)27(36)33-15-13-19(14-16-33)34-25-8-4-3-7-23(25)31-28(34)37/h1-12,17,19H,13-16H2,(H,31,37). The summed E-state index contributed by atoms with van der Waals surface area (Å²) in [5.41, 5.74) is 3.74. The molecule has 1 aliphatic rings. The Kier molecular flexibility index (Phi) is 5.88. The van der Waals surface area contributed by atoms with Gasteiger partial charge in [-0.15, -0.1) is 0 Å². The summed E-state index contributed by atoms with van der Waals surface area (Å²) in [5, 5.41) is 5.19. The van der Waals surface area contributed by atoms with Gasteiger partial charge >= 0.3 is 5.69 Å². The molecule has 2 aromatic heterocycles. The van der Waals surface area contributed by atoms with Crippen molar-refractivity contribution < 1.29 is 9.18 Å². The number of halogens is 2. The lowest BCUT2D eigenvalue weighted by atomic mass is 10.0. The van der Waals surface area contributed by atoms with E-state index < -0.39 is 0 Å². The molecule has 1 N–H and O–H groups in total. The van der Waals surface area contributed by atoms with E-state index in [9.17, 15) is 14.0 Å². The first-order valence-electron chi connectivity index (χ1n) is 12.1. The summed E-state index contributed by atoms with van der Waals surface area (Å²) in [4.78, 5) is 31.1. The monoisotopic (exact) mass is 515 g/mol. The molecule has 186 valence electrons. The van der Waals surface area contributed by atoms with Gasteiger partial charge in [-0.25, -0.2) is 13.9 Å². The number of aromatic amines is 1. The first-order valence-corrected chi connectivity index (χ1v) is 12.5. The van der Waals surface area contributed by atoms with Crippen molar-refractivity contribution in [2.24, 2.45) is 0 Å². The van der Waals surface area contributed by atoms with Crippen molar-refractivity contribution in [2.45, 2.75) is 18.9 Å². The zero-order valence-electron chi connectivity index (χ0n) is 19.8. The highest BCUT2D eigenvalue weighted by atomic mass is 35.5. The first-order chi connectivity index (χ1) is 18.0. The number of para-hydroxylation sites is 2. The van der Waals surface area contributed by atoms with Gasteiger partial charge in [0, 0.05) is 24.7 Å². The van der Waals surface area contributed by atoms with Gasteiger partial charge in [0.1, 0.15) is 11.5 Å². The van der Waals surface area contributed by atoms with Crippen LogP contribution in [0.3, 0.4) is 0 Å². The molecule has 1 fully saturated rings. The molecule has 1 amide bonds. The Bertz CT molecular complexity index is 1660. The van der Waals surface area contributed by atoms with Crippen LogP contribution in [0.15, 0.2) is 83.7 Å². The van der Waals surface area contributed by atoms with Crippen LogP contribution in [-0.4, -0.2) is 43.2 Å². The van der Waals surface area contributed by atoms with E-state index in [-0.39, 0.29) is 23.5 Å². The number of nitrogens with zero attached hydrogens (tertiary/aromatic N) is 4. The Morgan fingerprint density at radius 3 is 2.43 bits per heavy atom. The van der Waals surface area contributed by atoms with Gasteiger partial charge in [0.15, 0.2) is 0 Å². The summed E-state index contributed by atoms with van der Waals surface area (Å²) in [6.07, 6.45) is 1.30. The van der Waals surface area contributed by atoms with Crippen LogP contribution in [0, 0.1) is 5.82 Å². The second-order valence-electron chi connectivity index (χ2n) is 9.12. The topological polar surface area (TPSA) is 75.9 Å². The van der Waals surface area contributed by atoms with Crippen LogP contribution < -0.4 is 5.69 Å². The zero-order chi connectivity index (χ0) is 25.5. The number of amides is 1. The van der Waals surface area contributed by atoms with Gasteiger partial charge in [0.25, 0.3) is 5.91 Å². The average Bonchev–Trinajstić information content (AvgIpc) is 3.50. The molecule has 0 atom stereocenters. The minimum atomic E-state index is -0.371. The van der Waals surface area contributed by atoms with Gasteiger partial charge in [-0.2, -0.15) is 5.10 Å². The van der Waals surface area contributed by atoms with Crippen LogP contribution in [0.4, 0.5) is 4.39 Å². The first kappa shape index (κ1) is 23.2. The molecule has 0 bridgehead atoms. The number of H-pyrrole nitrogens is 1. The van der Waals surface area contributed by atoms with Gasteiger partial charge in [0.2, 0.25) is 0 Å². The van der Waals surface area contributed by atoms with Crippen LogP contribution >= 0.6 is 11.6 Å². The van der Waals surface area contributed by atoms with E-state index in [0.29, 0.717) is 53.6 Å². The molecule has 5 aromatic rings. The Hall–Kier alpha value is -4.17. The molecule has 1 aliphatic heterocycles. The van der Waals surface area contributed by atoms with Crippen molar-refractivity contribution in [2.75, 3.05) is 13.1 Å². The van der Waals surface area contributed by atoms with Crippen molar-refractivity contribution in [3.8, 4) is 16.9 Å². The third kappa shape index (κ3) is 4.23. The molecule has 0 unspecified atom stereocenters. The minimum Gasteiger partial charge on any atom is -0.337 e. The third-order valence-corrected chi connectivity index (χ3v) is 7.22. The normalized spacial score (nSPS) is 14.4. The molecule has 6 rings (SSSR count). The van der Waals surface area contributed by atoms with Gasteiger partial charge in [0.05, 0.1) is 27.4 Å². The second kappa shape index (κ2) is 9.37. The highest BCUT2D eigenvalue weighted by molar-refractivity contribution is 6.33. The summed E-state index contributed by atoms with van der Waals surface area (Å²) >= 11 is 6.41. The number of imidazole rings is 1. The Balaban J connectivity index is 1.30. The van der Waals surface area contributed by atoms with Gasteiger partial charge in [-0.1, -0.05) is 41.9 Å². The number of carbonyl (C=O) groups is 1. The third-order valence-electron chi connectivity index (χ3n) is 6.89. The van der Waals surface area contributed by atoms with E-state index in [0.717, 1.165) is 11.0 Å². The molecule has 37 heavy (non-hydrogen) atoms. The maximum atomic E-state index is 13.7. The number of piperidine rings is 1. The molecule has 0 aliphatic carbocycles. The number of carbonyl (C=O) groups excluding carboxylic acids is 1. The van der Waals surface area contributed by atoms with Crippen molar-refractivity contribution in [3.63, 3.8) is 0 Å². The molecule has 1 saturated heterocycles. The number of likely N-dealkylation sites (tertiary alicyclic amines) is 1. The van der Waals surface area contributed by atoms with Gasteiger partial charge in [-0.3, -0.25) is 9.36 Å². The van der Waals surface area contributed by atoms with Crippen molar-refractivity contribution in [3.05, 3.63) is 106 Å². The van der Waals surface area contributed by atoms with E-state index in [2.05, 4.69) is 10.1 Å². The number of hydrogen-bond acceptors (Lipinski definition) is 3. The number of fused-ring (bicyclic) bond motifs is 1. The SMILES string of the molecule is O=C(c1cc(-c2ccccc2Cl)nn1-c1ccc(F)cc1)N1CCC(n2c(=O)[nH]c3ccccc32)CC1. The maximum absolute atomic E-state index is 13.7. The molecule has 0 saturated carbocycles. The maximum Gasteiger partial charge on any atom is 0.326 e. The molecular weight excluding hydrogens is 493 g/mol. The fraction of sp³-hybridized carbons (Fsp3) is 0.179. The van der Waals surface area contributed by atoms with Crippen LogP contribution in [0.5, 0.6) is 0 Å². The highest BCUT2D eigenvalue weighted by Gasteiger charge is 2.29. The minimum absolute atomic E-state index is 0.00612. The lowest BCUT2D eigenvalue weighted by Gasteiger charge is -2.32. The van der Waals surface area contributed by atoms with E-state index in [1.165, 1.54) is 16.8 Å². The highest BCUT2D eigenvalue weighted by Crippen LogP contribution is 2.30. The average molecular weight is 516 g/mol.